The molecule has 0 spiro atoms. The van der Waals surface area contributed by atoms with Gasteiger partial charge in [-0.1, -0.05) is 0 Å². The first-order valence-electron chi connectivity index (χ1n) is 4.26. The van der Waals surface area contributed by atoms with E-state index in [2.05, 4.69) is 0 Å². The van der Waals surface area contributed by atoms with Crippen LogP contribution in [0.2, 0.25) is 0 Å². The van der Waals surface area contributed by atoms with Gasteiger partial charge in [0.05, 0.1) is 24.5 Å². The molecule has 0 aromatic carbocycles. The zero-order valence-corrected chi connectivity index (χ0v) is 7.88. The first-order chi connectivity index (χ1) is 5.65. The number of nitrogens with zero attached hydrogens (tertiary/aromatic N) is 1. The lowest BCUT2D eigenvalue weighted by molar-refractivity contribution is 0.0624. The van der Waals surface area contributed by atoms with Crippen molar-refractivity contribution in [1.29, 1.82) is 0 Å². The average molecular weight is 191 g/mol. The van der Waals surface area contributed by atoms with Gasteiger partial charge in [0.15, 0.2) is 0 Å². The summed E-state index contributed by atoms with van der Waals surface area (Å²) in [6.07, 6.45) is 1.08. The van der Waals surface area contributed by atoms with Gasteiger partial charge in [0.2, 0.25) is 10.0 Å². The summed E-state index contributed by atoms with van der Waals surface area (Å²) in [6, 6.07) is 0.156. The Morgan fingerprint density at radius 2 is 2.33 bits per heavy atom. The van der Waals surface area contributed by atoms with Gasteiger partial charge in [0.1, 0.15) is 0 Å². The normalized spacial score (nSPS) is 36.1. The van der Waals surface area contributed by atoms with Crippen LogP contribution in [0.25, 0.3) is 0 Å². The van der Waals surface area contributed by atoms with E-state index in [1.807, 2.05) is 0 Å². The summed E-state index contributed by atoms with van der Waals surface area (Å²) in [5.41, 5.74) is 0. The first kappa shape index (κ1) is 8.47. The minimum atomic E-state index is -2.98. The molecule has 4 nitrogen and oxygen atoms in total. The molecule has 0 radical (unpaired) electrons. The Kier molecular flexibility index (Phi) is 1.89. The monoisotopic (exact) mass is 191 g/mol. The molecule has 0 aromatic heterocycles. The van der Waals surface area contributed by atoms with E-state index >= 15 is 0 Å². The van der Waals surface area contributed by atoms with Crippen molar-refractivity contribution < 1.29 is 13.2 Å². The Labute approximate surface area is 72.6 Å². The van der Waals surface area contributed by atoms with E-state index in [1.165, 1.54) is 0 Å². The summed E-state index contributed by atoms with van der Waals surface area (Å²) >= 11 is 0. The molecule has 2 unspecified atom stereocenters. The second-order valence-electron chi connectivity index (χ2n) is 3.22. The zero-order chi connectivity index (χ0) is 8.77. The van der Waals surface area contributed by atoms with Gasteiger partial charge < -0.3 is 4.74 Å². The second kappa shape index (κ2) is 2.68. The van der Waals surface area contributed by atoms with Crippen molar-refractivity contribution in [3.63, 3.8) is 0 Å². The van der Waals surface area contributed by atoms with E-state index in [9.17, 15) is 8.42 Å². The van der Waals surface area contributed by atoms with Crippen molar-refractivity contribution in [2.24, 2.45) is 0 Å². The molecule has 70 valence electrons. The van der Waals surface area contributed by atoms with Crippen LogP contribution in [-0.4, -0.2) is 43.8 Å². The highest BCUT2D eigenvalue weighted by Gasteiger charge is 2.49. The molecule has 1 aliphatic heterocycles. The molecule has 2 atom stereocenters. The standard InChI is InChI=1S/C7H13NO3S/c1-2-12(9,10)8-3-4-11-7-5-6(7)8/h6-7H,2-5H2,1H3. The molecule has 0 bridgehead atoms. The van der Waals surface area contributed by atoms with Crippen LogP contribution in [0.3, 0.4) is 0 Å². The van der Waals surface area contributed by atoms with Crippen LogP contribution in [-0.2, 0) is 14.8 Å². The molecule has 1 saturated heterocycles. The van der Waals surface area contributed by atoms with Crippen LogP contribution in [0.5, 0.6) is 0 Å². The van der Waals surface area contributed by atoms with Crippen molar-refractivity contribution in [3.05, 3.63) is 0 Å². The maximum atomic E-state index is 11.5. The number of hydrogen-bond donors (Lipinski definition) is 0. The van der Waals surface area contributed by atoms with E-state index in [4.69, 9.17) is 4.74 Å². The molecule has 2 rings (SSSR count). The first-order valence-corrected chi connectivity index (χ1v) is 5.87. The fourth-order valence-corrected chi connectivity index (χ4v) is 2.93. The van der Waals surface area contributed by atoms with E-state index in [1.54, 1.807) is 11.2 Å². The molecule has 0 N–H and O–H groups in total. The van der Waals surface area contributed by atoms with Crippen molar-refractivity contribution in [3.8, 4) is 0 Å². The summed E-state index contributed by atoms with van der Waals surface area (Å²) in [5, 5.41) is 0. The van der Waals surface area contributed by atoms with Crippen molar-refractivity contribution >= 4 is 10.0 Å². The predicted molar refractivity (Wildman–Crippen MR) is 44.3 cm³/mol. The number of sulfonamides is 1. The topological polar surface area (TPSA) is 46.6 Å². The molecule has 1 heterocycles. The van der Waals surface area contributed by atoms with Gasteiger partial charge >= 0.3 is 0 Å². The zero-order valence-electron chi connectivity index (χ0n) is 7.06. The van der Waals surface area contributed by atoms with Gasteiger partial charge in [0.25, 0.3) is 0 Å². The Morgan fingerprint density at radius 1 is 1.58 bits per heavy atom. The highest BCUT2D eigenvalue weighted by Crippen LogP contribution is 2.36. The van der Waals surface area contributed by atoms with E-state index in [0.29, 0.717) is 13.2 Å². The van der Waals surface area contributed by atoms with E-state index < -0.39 is 10.0 Å². The quantitative estimate of drug-likeness (QED) is 0.607. The average Bonchev–Trinajstić information content (AvgIpc) is 2.81. The Bertz CT molecular complexity index is 274. The number of hydrogen-bond acceptors (Lipinski definition) is 3. The number of morpholine rings is 1. The Balaban J connectivity index is 2.13. The minimum Gasteiger partial charge on any atom is -0.375 e. The maximum absolute atomic E-state index is 11.5. The fraction of sp³-hybridized carbons (Fsp3) is 1.00. The van der Waals surface area contributed by atoms with Crippen LogP contribution >= 0.6 is 0 Å². The number of fused-ring (bicyclic) bond motifs is 1. The molecule has 1 aliphatic carbocycles. The summed E-state index contributed by atoms with van der Waals surface area (Å²) in [6.45, 7) is 2.78. The number of rotatable bonds is 2. The van der Waals surface area contributed by atoms with Crippen molar-refractivity contribution in [1.82, 2.24) is 4.31 Å². The maximum Gasteiger partial charge on any atom is 0.214 e. The molecule has 12 heavy (non-hydrogen) atoms. The Morgan fingerprint density at radius 3 is 3.00 bits per heavy atom. The summed E-state index contributed by atoms with van der Waals surface area (Å²) in [5.74, 6) is 0.205. The number of ether oxygens (including phenoxy) is 1. The lowest BCUT2D eigenvalue weighted by atomic mass is 10.5. The van der Waals surface area contributed by atoms with Gasteiger partial charge in [-0.15, -0.1) is 0 Å². The second-order valence-corrected chi connectivity index (χ2v) is 5.43. The van der Waals surface area contributed by atoms with Crippen LogP contribution < -0.4 is 0 Å². The van der Waals surface area contributed by atoms with Gasteiger partial charge in [0, 0.05) is 6.54 Å². The largest absolute Gasteiger partial charge is 0.375 e. The summed E-state index contributed by atoms with van der Waals surface area (Å²) in [4.78, 5) is 0. The van der Waals surface area contributed by atoms with Crippen LogP contribution in [0.15, 0.2) is 0 Å². The van der Waals surface area contributed by atoms with Crippen LogP contribution in [0, 0.1) is 0 Å². The highest BCUT2D eigenvalue weighted by atomic mass is 32.2. The van der Waals surface area contributed by atoms with Crippen molar-refractivity contribution in [2.45, 2.75) is 25.5 Å². The van der Waals surface area contributed by atoms with E-state index in [0.717, 1.165) is 6.42 Å². The molecular formula is C7H13NO3S. The van der Waals surface area contributed by atoms with Gasteiger partial charge in [-0.2, -0.15) is 4.31 Å². The van der Waals surface area contributed by atoms with Gasteiger partial charge in [-0.05, 0) is 13.3 Å². The third-order valence-corrected chi connectivity index (χ3v) is 4.33. The SMILES string of the molecule is CCS(=O)(=O)N1CCOC2CC21. The summed E-state index contributed by atoms with van der Waals surface area (Å²) in [7, 11) is -2.98. The van der Waals surface area contributed by atoms with Crippen LogP contribution in [0.4, 0.5) is 0 Å². The van der Waals surface area contributed by atoms with Crippen LogP contribution in [0.1, 0.15) is 13.3 Å². The van der Waals surface area contributed by atoms with Gasteiger partial charge in [-0.25, -0.2) is 8.42 Å². The molecule has 0 amide bonds. The molecule has 2 aliphatic rings. The molecule has 5 heteroatoms. The molecule has 1 saturated carbocycles. The summed E-state index contributed by atoms with van der Waals surface area (Å²) < 4.78 is 29.8. The molecular weight excluding hydrogens is 178 g/mol. The Hall–Kier alpha value is -0.130. The predicted octanol–water partition coefficient (Wildman–Crippen LogP) is -0.191. The lowest BCUT2D eigenvalue weighted by Gasteiger charge is -2.25. The molecule has 2 fully saturated rings. The molecule has 0 aromatic rings. The minimum absolute atomic E-state index is 0.156. The van der Waals surface area contributed by atoms with Gasteiger partial charge in [-0.3, -0.25) is 0 Å². The highest BCUT2D eigenvalue weighted by molar-refractivity contribution is 7.89. The van der Waals surface area contributed by atoms with Crippen molar-refractivity contribution in [2.75, 3.05) is 18.9 Å². The third kappa shape index (κ3) is 1.26. The van der Waals surface area contributed by atoms with E-state index in [-0.39, 0.29) is 17.9 Å². The smallest absolute Gasteiger partial charge is 0.214 e. The third-order valence-electron chi connectivity index (χ3n) is 2.44. The lowest BCUT2D eigenvalue weighted by Crippen LogP contribution is -2.41. The fourth-order valence-electron chi connectivity index (χ4n) is 1.61.